The smallest absolute Gasteiger partial charge is 0.191 e. The number of nitrogens with two attached hydrogens (primary N) is 1. The zero-order chi connectivity index (χ0) is 14.0. The number of aliphatic imine (C=N–C) groups is 1. The Labute approximate surface area is 118 Å². The van der Waals surface area contributed by atoms with Gasteiger partial charge < -0.3 is 10.6 Å². The molecule has 2 saturated carbocycles. The summed E-state index contributed by atoms with van der Waals surface area (Å²) in [4.78, 5) is 6.77. The van der Waals surface area contributed by atoms with Crippen molar-refractivity contribution in [3.8, 4) is 0 Å². The summed E-state index contributed by atoms with van der Waals surface area (Å²) in [5.41, 5.74) is 6.52. The van der Waals surface area contributed by atoms with Gasteiger partial charge in [-0.1, -0.05) is 20.8 Å². The van der Waals surface area contributed by atoms with E-state index in [-0.39, 0.29) is 0 Å². The zero-order valence-electron chi connectivity index (χ0n) is 13.2. The molecule has 0 unspecified atom stereocenters. The molecular weight excluding hydrogens is 234 g/mol. The van der Waals surface area contributed by atoms with Gasteiger partial charge in [-0.3, -0.25) is 4.99 Å². The summed E-state index contributed by atoms with van der Waals surface area (Å²) >= 11 is 0. The van der Waals surface area contributed by atoms with E-state index in [1.807, 2.05) is 0 Å². The monoisotopic (exact) mass is 265 g/mol. The van der Waals surface area contributed by atoms with Crippen molar-refractivity contribution < 1.29 is 0 Å². The molecule has 2 aliphatic carbocycles. The molecule has 3 heteroatoms. The van der Waals surface area contributed by atoms with Gasteiger partial charge in [-0.05, 0) is 55.8 Å². The quantitative estimate of drug-likeness (QED) is 0.628. The lowest BCUT2D eigenvalue weighted by atomic mass is 9.70. The summed E-state index contributed by atoms with van der Waals surface area (Å²) in [6.45, 7) is 8.05. The summed E-state index contributed by atoms with van der Waals surface area (Å²) in [7, 11) is 2.08. The highest BCUT2D eigenvalue weighted by molar-refractivity contribution is 5.78. The lowest BCUT2D eigenvalue weighted by Gasteiger charge is -2.36. The summed E-state index contributed by atoms with van der Waals surface area (Å²) in [5.74, 6) is 2.39. The van der Waals surface area contributed by atoms with Crippen LogP contribution >= 0.6 is 0 Å². The Morgan fingerprint density at radius 3 is 2.16 bits per heavy atom. The molecule has 2 rings (SSSR count). The second-order valence-corrected chi connectivity index (χ2v) is 7.62. The highest BCUT2D eigenvalue weighted by Crippen LogP contribution is 2.39. The Kier molecular flexibility index (Phi) is 4.42. The first-order chi connectivity index (χ1) is 8.88. The minimum absolute atomic E-state index is 0.472. The van der Waals surface area contributed by atoms with E-state index in [9.17, 15) is 0 Å². The molecule has 0 aromatic heterocycles. The molecule has 0 aromatic carbocycles. The fourth-order valence-electron chi connectivity index (χ4n) is 3.19. The molecule has 0 heterocycles. The van der Waals surface area contributed by atoms with Crippen LogP contribution in [0.25, 0.3) is 0 Å². The number of hydrogen-bond acceptors (Lipinski definition) is 1. The van der Waals surface area contributed by atoms with Crippen molar-refractivity contribution in [1.29, 1.82) is 0 Å². The first-order valence-electron chi connectivity index (χ1n) is 7.90. The first kappa shape index (κ1) is 14.7. The second-order valence-electron chi connectivity index (χ2n) is 7.62. The van der Waals surface area contributed by atoms with Gasteiger partial charge in [0.2, 0.25) is 0 Å². The van der Waals surface area contributed by atoms with Crippen molar-refractivity contribution in [2.24, 2.45) is 28.0 Å². The Morgan fingerprint density at radius 2 is 1.68 bits per heavy atom. The van der Waals surface area contributed by atoms with E-state index in [4.69, 9.17) is 5.73 Å². The molecule has 2 N–H and O–H groups in total. The van der Waals surface area contributed by atoms with Crippen LogP contribution in [0.2, 0.25) is 0 Å². The van der Waals surface area contributed by atoms with Gasteiger partial charge >= 0.3 is 0 Å². The average Bonchev–Trinajstić information content (AvgIpc) is 3.18. The van der Waals surface area contributed by atoms with Gasteiger partial charge in [0.15, 0.2) is 5.96 Å². The predicted octanol–water partition coefficient (Wildman–Crippen LogP) is 3.25. The van der Waals surface area contributed by atoms with Crippen LogP contribution in [0.3, 0.4) is 0 Å². The fraction of sp³-hybridized carbons (Fsp3) is 0.938. The lowest BCUT2D eigenvalue weighted by molar-refractivity contribution is 0.152. The van der Waals surface area contributed by atoms with Crippen LogP contribution in [-0.4, -0.2) is 30.5 Å². The maximum absolute atomic E-state index is 6.05. The third-order valence-electron chi connectivity index (χ3n) is 5.04. The highest BCUT2D eigenvalue weighted by atomic mass is 15.3. The molecule has 0 amide bonds. The number of nitrogens with zero attached hydrogens (tertiary/aromatic N) is 2. The Bertz CT molecular complexity index is 317. The zero-order valence-corrected chi connectivity index (χ0v) is 13.2. The SMILES string of the molecule is CN(C(N)=NCC1CCC(C(C)(C)C)CC1)C1CC1. The molecule has 2 fully saturated rings. The largest absolute Gasteiger partial charge is 0.370 e. The van der Waals surface area contributed by atoms with Crippen LogP contribution in [0.4, 0.5) is 0 Å². The summed E-state index contributed by atoms with van der Waals surface area (Å²) < 4.78 is 0. The summed E-state index contributed by atoms with van der Waals surface area (Å²) in [5, 5.41) is 0. The van der Waals surface area contributed by atoms with E-state index in [1.54, 1.807) is 0 Å². The molecule has 0 atom stereocenters. The minimum Gasteiger partial charge on any atom is -0.370 e. The molecule has 0 aromatic rings. The van der Waals surface area contributed by atoms with Gasteiger partial charge in [0.1, 0.15) is 0 Å². The van der Waals surface area contributed by atoms with Crippen molar-refractivity contribution in [2.75, 3.05) is 13.6 Å². The van der Waals surface area contributed by atoms with Crippen LogP contribution in [0.15, 0.2) is 4.99 Å². The molecular formula is C16H31N3. The lowest BCUT2D eigenvalue weighted by Crippen LogP contribution is -2.36. The molecule has 2 aliphatic rings. The average molecular weight is 265 g/mol. The topological polar surface area (TPSA) is 41.6 Å². The van der Waals surface area contributed by atoms with Crippen molar-refractivity contribution in [3.05, 3.63) is 0 Å². The molecule has 110 valence electrons. The van der Waals surface area contributed by atoms with Gasteiger partial charge in [-0.15, -0.1) is 0 Å². The van der Waals surface area contributed by atoms with Gasteiger partial charge in [-0.25, -0.2) is 0 Å². The third kappa shape index (κ3) is 4.12. The Balaban J connectivity index is 1.75. The summed E-state index contributed by atoms with van der Waals surface area (Å²) in [6.07, 6.45) is 7.94. The number of hydrogen-bond donors (Lipinski definition) is 1. The molecule has 0 spiro atoms. The second kappa shape index (κ2) is 5.72. The normalized spacial score (nSPS) is 29.4. The van der Waals surface area contributed by atoms with Gasteiger partial charge in [0, 0.05) is 19.6 Å². The van der Waals surface area contributed by atoms with E-state index in [0.29, 0.717) is 11.5 Å². The fourth-order valence-corrected chi connectivity index (χ4v) is 3.19. The Morgan fingerprint density at radius 1 is 1.11 bits per heavy atom. The van der Waals surface area contributed by atoms with E-state index in [0.717, 1.165) is 24.3 Å². The van der Waals surface area contributed by atoms with Crippen LogP contribution < -0.4 is 5.73 Å². The molecule has 3 nitrogen and oxygen atoms in total. The van der Waals surface area contributed by atoms with Crippen LogP contribution in [0, 0.1) is 17.3 Å². The van der Waals surface area contributed by atoms with E-state index in [2.05, 4.69) is 37.7 Å². The molecule has 0 bridgehead atoms. The van der Waals surface area contributed by atoms with Gasteiger partial charge in [0.05, 0.1) is 0 Å². The van der Waals surface area contributed by atoms with Crippen molar-refractivity contribution in [2.45, 2.75) is 65.3 Å². The Hall–Kier alpha value is -0.730. The minimum atomic E-state index is 0.472. The van der Waals surface area contributed by atoms with Crippen LogP contribution in [-0.2, 0) is 0 Å². The summed E-state index contributed by atoms with van der Waals surface area (Å²) in [6, 6.07) is 0.667. The van der Waals surface area contributed by atoms with Crippen LogP contribution in [0.5, 0.6) is 0 Å². The number of rotatable bonds is 3. The molecule has 0 radical (unpaired) electrons. The number of guanidine groups is 1. The molecule has 0 aliphatic heterocycles. The predicted molar refractivity (Wildman–Crippen MR) is 82.2 cm³/mol. The van der Waals surface area contributed by atoms with Crippen molar-refractivity contribution >= 4 is 5.96 Å². The first-order valence-corrected chi connectivity index (χ1v) is 7.90. The maximum atomic E-state index is 6.05. The highest BCUT2D eigenvalue weighted by Gasteiger charge is 2.30. The van der Waals surface area contributed by atoms with E-state index >= 15 is 0 Å². The van der Waals surface area contributed by atoms with E-state index in [1.165, 1.54) is 38.5 Å². The molecule has 19 heavy (non-hydrogen) atoms. The third-order valence-corrected chi connectivity index (χ3v) is 5.04. The van der Waals surface area contributed by atoms with Crippen molar-refractivity contribution in [1.82, 2.24) is 4.90 Å². The van der Waals surface area contributed by atoms with Gasteiger partial charge in [0.25, 0.3) is 0 Å². The van der Waals surface area contributed by atoms with Crippen molar-refractivity contribution in [3.63, 3.8) is 0 Å². The molecule has 0 saturated heterocycles. The van der Waals surface area contributed by atoms with Gasteiger partial charge in [-0.2, -0.15) is 0 Å². The van der Waals surface area contributed by atoms with E-state index < -0.39 is 0 Å². The van der Waals surface area contributed by atoms with Crippen LogP contribution in [0.1, 0.15) is 59.3 Å². The standard InChI is InChI=1S/C16H31N3/c1-16(2,3)13-7-5-12(6-8-13)11-18-15(17)19(4)14-9-10-14/h12-14H,5-11H2,1-4H3,(H2,17,18). The maximum Gasteiger partial charge on any atom is 0.191 e.